The Hall–Kier alpha value is -1.87. The fraction of sp³-hybridized carbons (Fsp3) is 0.500. The summed E-state index contributed by atoms with van der Waals surface area (Å²) >= 11 is 0. The summed E-state index contributed by atoms with van der Waals surface area (Å²) in [6.07, 6.45) is -1.34. The van der Waals surface area contributed by atoms with E-state index < -0.39 is 42.9 Å². The molecule has 146 valence electrons. The number of rotatable bonds is 4. The zero-order valence-corrected chi connectivity index (χ0v) is 15.8. The normalized spacial score (nSPS) is 18.5. The van der Waals surface area contributed by atoms with E-state index in [9.17, 15) is 17.6 Å². The van der Waals surface area contributed by atoms with Gasteiger partial charge >= 0.3 is 7.12 Å². The van der Waals surface area contributed by atoms with Gasteiger partial charge < -0.3 is 9.31 Å². The number of alkyl halides is 2. The van der Waals surface area contributed by atoms with E-state index in [4.69, 9.17) is 9.31 Å². The highest BCUT2D eigenvalue weighted by molar-refractivity contribution is 6.62. The van der Waals surface area contributed by atoms with Crippen molar-refractivity contribution < 1.29 is 26.9 Å². The van der Waals surface area contributed by atoms with Gasteiger partial charge in [-0.2, -0.15) is 5.10 Å². The molecule has 3 rings (SSSR count). The molecule has 0 atom stereocenters. The molecule has 4 nitrogen and oxygen atoms in total. The monoisotopic (exact) mass is 384 g/mol. The first-order chi connectivity index (χ1) is 12.4. The Bertz CT molecular complexity index is 851. The number of hydrogen-bond acceptors (Lipinski definition) is 3. The fourth-order valence-corrected chi connectivity index (χ4v) is 2.95. The van der Waals surface area contributed by atoms with E-state index in [-0.39, 0.29) is 16.6 Å². The third kappa shape index (κ3) is 3.38. The van der Waals surface area contributed by atoms with Crippen LogP contribution in [0.3, 0.4) is 0 Å². The summed E-state index contributed by atoms with van der Waals surface area (Å²) in [7, 11) is -1.04. The van der Waals surface area contributed by atoms with Crippen LogP contribution in [0.1, 0.15) is 33.4 Å². The van der Waals surface area contributed by atoms with E-state index in [1.807, 2.05) is 27.7 Å². The van der Waals surface area contributed by atoms with Gasteiger partial charge in [0.1, 0.15) is 6.54 Å². The van der Waals surface area contributed by atoms with Crippen LogP contribution < -0.4 is 5.46 Å². The molecule has 0 saturated carbocycles. The van der Waals surface area contributed by atoms with Gasteiger partial charge in [0.2, 0.25) is 0 Å². The first kappa shape index (κ1) is 19.9. The maximum Gasteiger partial charge on any atom is 0.497 e. The molecule has 0 radical (unpaired) electrons. The van der Waals surface area contributed by atoms with Crippen molar-refractivity contribution in [3.05, 3.63) is 35.7 Å². The summed E-state index contributed by atoms with van der Waals surface area (Å²) in [4.78, 5) is 0. The molecule has 0 bridgehead atoms. The molecule has 1 aromatic heterocycles. The molecule has 27 heavy (non-hydrogen) atoms. The topological polar surface area (TPSA) is 36.3 Å². The van der Waals surface area contributed by atoms with E-state index in [1.54, 1.807) is 0 Å². The van der Waals surface area contributed by atoms with Crippen LogP contribution in [-0.2, 0) is 15.9 Å². The van der Waals surface area contributed by atoms with Crippen LogP contribution in [0.15, 0.2) is 18.3 Å². The molecule has 2 aromatic rings. The SMILES string of the molecule is Cc1c(-c2ccc(B3OC(C)(C)C(C)(C)O3)c(F)c2F)cnn1CC(F)F. The maximum atomic E-state index is 14.8. The second kappa shape index (κ2) is 6.63. The van der Waals surface area contributed by atoms with Crippen LogP contribution in [0.5, 0.6) is 0 Å². The van der Waals surface area contributed by atoms with Gasteiger partial charge in [-0.3, -0.25) is 4.68 Å². The van der Waals surface area contributed by atoms with Crippen molar-refractivity contribution in [2.75, 3.05) is 0 Å². The molecule has 9 heteroatoms. The van der Waals surface area contributed by atoms with E-state index in [2.05, 4.69) is 5.10 Å². The maximum absolute atomic E-state index is 14.8. The number of halogens is 4. The van der Waals surface area contributed by atoms with E-state index in [1.165, 1.54) is 25.3 Å². The van der Waals surface area contributed by atoms with Crippen LogP contribution >= 0.6 is 0 Å². The Morgan fingerprint density at radius 1 is 1.04 bits per heavy atom. The highest BCUT2D eigenvalue weighted by atomic mass is 19.3. The molecule has 0 aliphatic carbocycles. The molecule has 0 unspecified atom stereocenters. The fourth-order valence-electron chi connectivity index (χ4n) is 2.95. The van der Waals surface area contributed by atoms with E-state index >= 15 is 0 Å². The van der Waals surface area contributed by atoms with Gasteiger partial charge in [-0.25, -0.2) is 17.6 Å². The Kier molecular flexibility index (Phi) is 4.88. The first-order valence-corrected chi connectivity index (χ1v) is 8.59. The highest BCUT2D eigenvalue weighted by Gasteiger charge is 2.52. The minimum Gasteiger partial charge on any atom is -0.399 e. The lowest BCUT2D eigenvalue weighted by Gasteiger charge is -2.32. The summed E-state index contributed by atoms with van der Waals surface area (Å²) < 4.78 is 67.3. The number of benzene rings is 1. The summed E-state index contributed by atoms with van der Waals surface area (Å²) in [5.74, 6) is -2.19. The van der Waals surface area contributed by atoms with Crippen molar-refractivity contribution in [1.29, 1.82) is 0 Å². The van der Waals surface area contributed by atoms with Crippen molar-refractivity contribution in [1.82, 2.24) is 9.78 Å². The lowest BCUT2D eigenvalue weighted by atomic mass is 9.78. The molecule has 1 aromatic carbocycles. The molecule has 0 amide bonds. The lowest BCUT2D eigenvalue weighted by Crippen LogP contribution is -2.41. The van der Waals surface area contributed by atoms with Crippen molar-refractivity contribution in [2.24, 2.45) is 0 Å². The molecule has 0 spiro atoms. The molecule has 1 saturated heterocycles. The van der Waals surface area contributed by atoms with Crippen molar-refractivity contribution in [3.8, 4) is 11.1 Å². The first-order valence-electron chi connectivity index (χ1n) is 8.59. The highest BCUT2D eigenvalue weighted by Crippen LogP contribution is 2.37. The van der Waals surface area contributed by atoms with Crippen LogP contribution in [0.4, 0.5) is 17.6 Å². The lowest BCUT2D eigenvalue weighted by molar-refractivity contribution is 0.00578. The minimum absolute atomic E-state index is 0.0486. The Morgan fingerprint density at radius 3 is 2.19 bits per heavy atom. The molecule has 2 heterocycles. The van der Waals surface area contributed by atoms with Gasteiger partial charge in [0.15, 0.2) is 11.6 Å². The van der Waals surface area contributed by atoms with Gasteiger partial charge in [0.05, 0.1) is 17.4 Å². The van der Waals surface area contributed by atoms with Crippen molar-refractivity contribution in [2.45, 2.75) is 58.8 Å². The second-order valence-electron chi connectivity index (χ2n) is 7.64. The van der Waals surface area contributed by atoms with Crippen molar-refractivity contribution in [3.63, 3.8) is 0 Å². The zero-order valence-electron chi connectivity index (χ0n) is 15.8. The van der Waals surface area contributed by atoms with Gasteiger partial charge in [0.25, 0.3) is 6.43 Å². The Labute approximate surface area is 155 Å². The molecular formula is C18H21BF4N2O2. The average Bonchev–Trinajstić information content (AvgIpc) is 2.99. The number of nitrogens with zero attached hydrogens (tertiary/aromatic N) is 2. The minimum atomic E-state index is -2.59. The van der Waals surface area contributed by atoms with Crippen molar-refractivity contribution >= 4 is 12.6 Å². The number of aromatic nitrogens is 2. The molecule has 1 aliphatic rings. The standard InChI is InChI=1S/C18H21BF4N2O2/c1-10-12(8-24-25(10)9-14(20)21)11-6-7-13(16(23)15(11)22)19-26-17(2,3)18(4,5)27-19/h6-8,14H,9H2,1-5H3. The number of hydrogen-bond donors (Lipinski definition) is 0. The summed E-state index contributed by atoms with van der Waals surface area (Å²) in [6, 6.07) is 2.77. The third-order valence-corrected chi connectivity index (χ3v) is 5.32. The van der Waals surface area contributed by atoms with Crippen LogP contribution in [0, 0.1) is 18.6 Å². The van der Waals surface area contributed by atoms with Crippen LogP contribution in [-0.4, -0.2) is 34.5 Å². The van der Waals surface area contributed by atoms with E-state index in [0.29, 0.717) is 5.69 Å². The molecule has 1 fully saturated rings. The molecular weight excluding hydrogens is 363 g/mol. The second-order valence-corrected chi connectivity index (χ2v) is 7.64. The molecule has 0 N–H and O–H groups in total. The van der Waals surface area contributed by atoms with Gasteiger partial charge in [-0.1, -0.05) is 12.1 Å². The van der Waals surface area contributed by atoms with Gasteiger partial charge in [-0.05, 0) is 34.6 Å². The summed E-state index contributed by atoms with van der Waals surface area (Å²) in [5.41, 5.74) is -0.888. The van der Waals surface area contributed by atoms with Gasteiger partial charge in [0, 0.05) is 22.3 Å². The Balaban J connectivity index is 1.97. The zero-order chi connectivity index (χ0) is 20.1. The molecule has 1 aliphatic heterocycles. The van der Waals surface area contributed by atoms with Crippen LogP contribution in [0.2, 0.25) is 0 Å². The quantitative estimate of drug-likeness (QED) is 0.596. The van der Waals surface area contributed by atoms with Gasteiger partial charge in [-0.15, -0.1) is 0 Å². The van der Waals surface area contributed by atoms with E-state index in [0.717, 1.165) is 4.68 Å². The predicted octanol–water partition coefficient (Wildman–Crippen LogP) is 3.70. The average molecular weight is 384 g/mol. The largest absolute Gasteiger partial charge is 0.497 e. The predicted molar refractivity (Wildman–Crippen MR) is 94.0 cm³/mol. The Morgan fingerprint density at radius 2 is 1.63 bits per heavy atom. The summed E-state index contributed by atoms with van der Waals surface area (Å²) in [6.45, 7) is 8.19. The third-order valence-electron chi connectivity index (χ3n) is 5.32. The smallest absolute Gasteiger partial charge is 0.399 e. The van der Waals surface area contributed by atoms with Crippen LogP contribution in [0.25, 0.3) is 11.1 Å². The summed E-state index contributed by atoms with van der Waals surface area (Å²) in [5, 5.41) is 3.84.